The second kappa shape index (κ2) is 6.90. The second-order valence-corrected chi connectivity index (χ2v) is 6.70. The molecule has 1 aromatic heterocycles. The highest BCUT2D eigenvalue weighted by Gasteiger charge is 2.43. The lowest BCUT2D eigenvalue weighted by Crippen LogP contribution is -2.49. The Hall–Kier alpha value is -2.10. The van der Waals surface area contributed by atoms with Gasteiger partial charge < -0.3 is 14.5 Å². The van der Waals surface area contributed by atoms with Crippen molar-refractivity contribution in [2.75, 3.05) is 33.4 Å². The van der Waals surface area contributed by atoms with Gasteiger partial charge in [-0.1, -0.05) is 0 Å². The first-order chi connectivity index (χ1) is 12.2. The molecule has 26 heavy (non-hydrogen) atoms. The molecule has 4 rings (SSSR count). The van der Waals surface area contributed by atoms with Crippen molar-refractivity contribution in [1.82, 2.24) is 19.6 Å². The number of methoxy groups -OCH3 is 1. The van der Waals surface area contributed by atoms with Crippen LogP contribution in [-0.4, -0.2) is 70.8 Å². The molecule has 7 nitrogen and oxygen atoms in total. The summed E-state index contributed by atoms with van der Waals surface area (Å²) in [6, 6.07) is 0.621. The van der Waals surface area contributed by atoms with Crippen LogP contribution in [0.2, 0.25) is 0 Å². The summed E-state index contributed by atoms with van der Waals surface area (Å²) in [7, 11) is 2.86. The zero-order chi connectivity index (χ0) is 19.1. The third-order valence-corrected chi connectivity index (χ3v) is 5.01. The average molecular weight is 374 g/mol. The lowest BCUT2D eigenvalue weighted by Gasteiger charge is -2.35. The molecule has 0 unspecified atom stereocenters. The fourth-order valence-electron chi connectivity index (χ4n) is 3.66. The Morgan fingerprint density at radius 2 is 2.08 bits per heavy atom. The third kappa shape index (κ3) is 3.42. The SMILES string of the molecule is COCCN1C(=O)[C@@H]2CC[C@H]1CN(C(=O)c1cc(C(F)(F)F)nn1C)C2. The van der Waals surface area contributed by atoms with Crippen molar-refractivity contribution in [1.29, 1.82) is 0 Å². The van der Waals surface area contributed by atoms with Gasteiger partial charge in [-0.25, -0.2) is 0 Å². The van der Waals surface area contributed by atoms with Crippen LogP contribution in [0, 0.1) is 5.92 Å². The van der Waals surface area contributed by atoms with Gasteiger partial charge in [0.05, 0.1) is 12.5 Å². The molecule has 3 saturated heterocycles. The van der Waals surface area contributed by atoms with Gasteiger partial charge in [0.15, 0.2) is 5.69 Å². The number of carbonyl (C=O) groups is 2. The van der Waals surface area contributed by atoms with Gasteiger partial charge in [0.2, 0.25) is 5.91 Å². The smallest absolute Gasteiger partial charge is 0.383 e. The minimum Gasteiger partial charge on any atom is -0.383 e. The number of rotatable bonds is 4. The van der Waals surface area contributed by atoms with Gasteiger partial charge in [0.25, 0.3) is 5.91 Å². The van der Waals surface area contributed by atoms with Crippen LogP contribution in [0.15, 0.2) is 6.07 Å². The lowest BCUT2D eigenvalue weighted by atomic mass is 9.94. The molecule has 2 atom stereocenters. The van der Waals surface area contributed by atoms with Crippen LogP contribution in [0.3, 0.4) is 0 Å². The van der Waals surface area contributed by atoms with Crippen molar-refractivity contribution < 1.29 is 27.5 Å². The molecular weight excluding hydrogens is 353 g/mol. The number of carbonyl (C=O) groups excluding carboxylic acids is 2. The van der Waals surface area contributed by atoms with E-state index in [1.807, 2.05) is 0 Å². The summed E-state index contributed by atoms with van der Waals surface area (Å²) < 4.78 is 44.5. The summed E-state index contributed by atoms with van der Waals surface area (Å²) in [5.41, 5.74) is -1.23. The number of amides is 2. The first-order valence-corrected chi connectivity index (χ1v) is 8.42. The van der Waals surface area contributed by atoms with Crippen LogP contribution < -0.4 is 0 Å². The van der Waals surface area contributed by atoms with Crippen molar-refractivity contribution in [2.45, 2.75) is 25.1 Å². The van der Waals surface area contributed by atoms with E-state index >= 15 is 0 Å². The monoisotopic (exact) mass is 374 g/mol. The van der Waals surface area contributed by atoms with Crippen molar-refractivity contribution in [3.63, 3.8) is 0 Å². The summed E-state index contributed by atoms with van der Waals surface area (Å²) >= 11 is 0. The van der Waals surface area contributed by atoms with E-state index in [1.165, 1.54) is 11.9 Å². The molecule has 0 spiro atoms. The minimum absolute atomic E-state index is 0.0189. The molecule has 0 saturated carbocycles. The van der Waals surface area contributed by atoms with Crippen molar-refractivity contribution in [2.24, 2.45) is 13.0 Å². The molecule has 1 aromatic rings. The minimum atomic E-state index is -4.61. The highest BCUT2D eigenvalue weighted by Crippen LogP contribution is 2.31. The number of nitrogens with zero attached hydrogens (tertiary/aromatic N) is 4. The molecule has 0 aliphatic carbocycles. The second-order valence-electron chi connectivity index (χ2n) is 6.70. The fraction of sp³-hybridized carbons (Fsp3) is 0.688. The van der Waals surface area contributed by atoms with Gasteiger partial charge in [0.1, 0.15) is 5.69 Å². The maximum Gasteiger partial charge on any atom is 0.435 e. The number of piperidine rings is 1. The van der Waals surface area contributed by atoms with Gasteiger partial charge in [0, 0.05) is 45.9 Å². The highest BCUT2D eigenvalue weighted by molar-refractivity contribution is 5.93. The van der Waals surface area contributed by atoms with Gasteiger partial charge in [-0.2, -0.15) is 18.3 Å². The molecule has 0 radical (unpaired) electrons. The Morgan fingerprint density at radius 3 is 2.69 bits per heavy atom. The molecule has 0 aromatic carbocycles. The standard InChI is InChI=1S/C16H21F3N4O3/c1-21-12(7-13(20-21)16(17,18)19)15(25)22-8-10-3-4-11(9-22)23(14(10)24)5-6-26-2/h7,10-11H,3-6,8-9H2,1-2H3/t10-,11+/m1/s1. The van der Waals surface area contributed by atoms with Crippen LogP contribution in [0.1, 0.15) is 29.0 Å². The third-order valence-electron chi connectivity index (χ3n) is 5.01. The number of alkyl halides is 3. The first-order valence-electron chi connectivity index (χ1n) is 8.42. The molecule has 3 aliphatic heterocycles. The van der Waals surface area contributed by atoms with Gasteiger partial charge in [-0.05, 0) is 12.8 Å². The zero-order valence-corrected chi connectivity index (χ0v) is 14.6. The van der Waals surface area contributed by atoms with E-state index < -0.39 is 17.8 Å². The fourth-order valence-corrected chi connectivity index (χ4v) is 3.66. The lowest BCUT2D eigenvalue weighted by molar-refractivity contribution is -0.141. The molecule has 144 valence electrons. The highest BCUT2D eigenvalue weighted by atomic mass is 19.4. The molecular formula is C16H21F3N4O3. The van der Waals surface area contributed by atoms with E-state index in [0.717, 1.165) is 17.2 Å². The van der Waals surface area contributed by atoms with E-state index in [2.05, 4.69) is 5.10 Å². The number of hydrogen-bond donors (Lipinski definition) is 0. The topological polar surface area (TPSA) is 67.7 Å². The number of aryl methyl sites for hydroxylation is 1. The average Bonchev–Trinajstić information content (AvgIpc) is 2.77. The Labute approximate surface area is 148 Å². The molecule has 3 aliphatic rings. The summed E-state index contributed by atoms with van der Waals surface area (Å²) in [6.45, 7) is 1.36. The number of fused-ring (bicyclic) bond motifs is 4. The van der Waals surface area contributed by atoms with Crippen LogP contribution in [0.25, 0.3) is 0 Å². The van der Waals surface area contributed by atoms with E-state index in [4.69, 9.17) is 4.74 Å². The number of ether oxygens (including phenoxy) is 1. The van der Waals surface area contributed by atoms with Crippen LogP contribution in [0.5, 0.6) is 0 Å². The predicted octanol–water partition coefficient (Wildman–Crippen LogP) is 1.15. The molecule has 2 amide bonds. The van der Waals surface area contributed by atoms with E-state index in [1.54, 1.807) is 12.0 Å². The van der Waals surface area contributed by atoms with Crippen LogP contribution >= 0.6 is 0 Å². The molecule has 2 bridgehead atoms. The molecule has 10 heteroatoms. The molecule has 0 N–H and O–H groups in total. The largest absolute Gasteiger partial charge is 0.435 e. The van der Waals surface area contributed by atoms with Crippen LogP contribution in [-0.2, 0) is 22.8 Å². The normalized spacial score (nSPS) is 23.5. The maximum atomic E-state index is 12.8. The van der Waals surface area contributed by atoms with Gasteiger partial charge in [-0.3, -0.25) is 14.3 Å². The van der Waals surface area contributed by atoms with Gasteiger partial charge in [-0.15, -0.1) is 0 Å². The Bertz CT molecular complexity index is 703. The summed E-state index contributed by atoms with van der Waals surface area (Å²) in [5, 5.41) is 3.40. The first kappa shape index (κ1) is 18.7. The van der Waals surface area contributed by atoms with E-state index in [9.17, 15) is 22.8 Å². The van der Waals surface area contributed by atoms with Crippen molar-refractivity contribution in [3.05, 3.63) is 17.5 Å². The maximum absolute atomic E-state index is 12.8. The number of aromatic nitrogens is 2. The Kier molecular flexibility index (Phi) is 4.96. The van der Waals surface area contributed by atoms with E-state index in [0.29, 0.717) is 26.1 Å². The summed E-state index contributed by atoms with van der Waals surface area (Å²) in [6.07, 6.45) is -3.17. The predicted molar refractivity (Wildman–Crippen MR) is 84.2 cm³/mol. The molecule has 3 fully saturated rings. The summed E-state index contributed by atoms with van der Waals surface area (Å²) in [5.74, 6) is -0.881. The number of halogens is 3. The van der Waals surface area contributed by atoms with Crippen LogP contribution in [0.4, 0.5) is 13.2 Å². The quantitative estimate of drug-likeness (QED) is 0.793. The molecule has 4 heterocycles. The Balaban J connectivity index is 1.81. The van der Waals surface area contributed by atoms with Crippen molar-refractivity contribution >= 4 is 11.8 Å². The summed E-state index contributed by atoms with van der Waals surface area (Å²) in [4.78, 5) is 28.6. The van der Waals surface area contributed by atoms with E-state index in [-0.39, 0.29) is 30.1 Å². The zero-order valence-electron chi connectivity index (χ0n) is 14.6. The van der Waals surface area contributed by atoms with Gasteiger partial charge >= 0.3 is 6.18 Å². The Morgan fingerprint density at radius 1 is 1.35 bits per heavy atom. The van der Waals surface area contributed by atoms with Crippen molar-refractivity contribution in [3.8, 4) is 0 Å². The number of hydrogen-bond acceptors (Lipinski definition) is 4.